The molecule has 1 aliphatic rings. The zero-order valence-corrected chi connectivity index (χ0v) is 15.6. The molecule has 0 atom stereocenters. The van der Waals surface area contributed by atoms with Gasteiger partial charge < -0.3 is 15.1 Å². The van der Waals surface area contributed by atoms with Gasteiger partial charge in [-0.1, -0.05) is 23.2 Å². The van der Waals surface area contributed by atoms with Crippen molar-refractivity contribution in [1.82, 2.24) is 15.1 Å². The first-order valence-corrected chi connectivity index (χ1v) is 8.80. The smallest absolute Gasteiger partial charge is 0.256 e. The monoisotopic (exact) mass is 393 g/mol. The van der Waals surface area contributed by atoms with Crippen LogP contribution in [0.1, 0.15) is 17.3 Å². The van der Waals surface area contributed by atoms with Crippen molar-refractivity contribution < 1.29 is 9.59 Å². The van der Waals surface area contributed by atoms with Crippen LogP contribution >= 0.6 is 23.2 Å². The third-order valence-corrected chi connectivity index (χ3v) is 4.86. The second-order valence-electron chi connectivity index (χ2n) is 5.85. The first-order chi connectivity index (χ1) is 12.4. The Labute approximate surface area is 160 Å². The summed E-state index contributed by atoms with van der Waals surface area (Å²) >= 11 is 11.8. The maximum absolute atomic E-state index is 12.2. The number of benzene rings is 1. The first kappa shape index (κ1) is 18.4. The highest BCUT2D eigenvalue weighted by Gasteiger charge is 2.20. The van der Waals surface area contributed by atoms with E-state index < -0.39 is 0 Å². The molecule has 0 radical (unpaired) electrons. The molecule has 2 aromatic rings. The summed E-state index contributed by atoms with van der Waals surface area (Å²) in [6.45, 7) is 4.28. The molecule has 1 fully saturated rings. The van der Waals surface area contributed by atoms with E-state index in [0.717, 1.165) is 0 Å². The van der Waals surface area contributed by atoms with E-state index in [1.807, 2.05) is 0 Å². The predicted octanol–water partition coefficient (Wildman–Crippen LogP) is 2.70. The highest BCUT2D eigenvalue weighted by Crippen LogP contribution is 2.23. The Bertz CT molecular complexity index is 820. The van der Waals surface area contributed by atoms with Crippen LogP contribution in [-0.2, 0) is 4.79 Å². The quantitative estimate of drug-likeness (QED) is 0.866. The number of nitrogens with one attached hydrogen (secondary N) is 1. The van der Waals surface area contributed by atoms with Crippen molar-refractivity contribution in [3.05, 3.63) is 45.9 Å². The molecule has 136 valence electrons. The zero-order valence-electron chi connectivity index (χ0n) is 14.1. The molecule has 2 amide bonds. The molecule has 26 heavy (non-hydrogen) atoms. The number of rotatable bonds is 3. The summed E-state index contributed by atoms with van der Waals surface area (Å²) < 4.78 is 0. The highest BCUT2D eigenvalue weighted by molar-refractivity contribution is 6.42. The van der Waals surface area contributed by atoms with Crippen LogP contribution in [0.4, 0.5) is 11.6 Å². The van der Waals surface area contributed by atoms with Gasteiger partial charge in [0, 0.05) is 38.7 Å². The molecule has 1 aromatic carbocycles. The molecule has 3 rings (SSSR count). The van der Waals surface area contributed by atoms with Gasteiger partial charge in [0.1, 0.15) is 0 Å². The minimum atomic E-state index is -0.347. The molecule has 0 bridgehead atoms. The van der Waals surface area contributed by atoms with E-state index in [1.165, 1.54) is 6.07 Å². The fourth-order valence-corrected chi connectivity index (χ4v) is 2.93. The number of nitrogens with zero attached hydrogens (tertiary/aromatic N) is 4. The van der Waals surface area contributed by atoms with Gasteiger partial charge >= 0.3 is 0 Å². The van der Waals surface area contributed by atoms with Crippen LogP contribution in [0.5, 0.6) is 0 Å². The molecular formula is C17H17Cl2N5O2. The van der Waals surface area contributed by atoms with Crippen molar-refractivity contribution in [2.75, 3.05) is 36.4 Å². The molecule has 2 heterocycles. The van der Waals surface area contributed by atoms with Gasteiger partial charge in [0.2, 0.25) is 5.91 Å². The van der Waals surface area contributed by atoms with Crippen molar-refractivity contribution in [3.63, 3.8) is 0 Å². The number of carbonyl (C=O) groups excluding carboxylic acids is 2. The maximum Gasteiger partial charge on any atom is 0.256 e. The molecule has 0 spiro atoms. The fraction of sp³-hybridized carbons (Fsp3) is 0.294. The van der Waals surface area contributed by atoms with Crippen LogP contribution in [-0.4, -0.2) is 53.1 Å². The van der Waals surface area contributed by atoms with E-state index in [2.05, 4.69) is 20.4 Å². The minimum Gasteiger partial charge on any atom is -0.352 e. The second kappa shape index (κ2) is 7.88. The topological polar surface area (TPSA) is 78.4 Å². The summed E-state index contributed by atoms with van der Waals surface area (Å²) in [7, 11) is 0. The van der Waals surface area contributed by atoms with E-state index >= 15 is 0 Å². The lowest BCUT2D eigenvalue weighted by Crippen LogP contribution is -2.48. The van der Waals surface area contributed by atoms with Crippen LogP contribution in [0.25, 0.3) is 0 Å². The van der Waals surface area contributed by atoms with Crippen molar-refractivity contribution in [3.8, 4) is 0 Å². The van der Waals surface area contributed by atoms with E-state index in [-0.39, 0.29) is 11.8 Å². The van der Waals surface area contributed by atoms with E-state index in [4.69, 9.17) is 23.2 Å². The standard InChI is InChI=1S/C17H17Cl2N5O2/c1-11(25)23-6-8-24(9-7-23)16-5-4-15(21-22-16)20-17(26)12-2-3-13(18)14(19)10-12/h2-5,10H,6-9H2,1H3,(H,20,21,26). The lowest BCUT2D eigenvalue weighted by atomic mass is 10.2. The van der Waals surface area contributed by atoms with Crippen LogP contribution in [0.3, 0.4) is 0 Å². The Morgan fingerprint density at radius 3 is 2.31 bits per heavy atom. The van der Waals surface area contributed by atoms with E-state index in [9.17, 15) is 9.59 Å². The minimum absolute atomic E-state index is 0.0797. The average molecular weight is 394 g/mol. The lowest BCUT2D eigenvalue weighted by molar-refractivity contribution is -0.129. The number of hydrogen-bond acceptors (Lipinski definition) is 5. The summed E-state index contributed by atoms with van der Waals surface area (Å²) in [5, 5.41) is 11.6. The fourth-order valence-electron chi connectivity index (χ4n) is 2.64. The SMILES string of the molecule is CC(=O)N1CCN(c2ccc(NC(=O)c3ccc(Cl)c(Cl)c3)nn2)CC1. The van der Waals surface area contributed by atoms with Crippen LogP contribution in [0, 0.1) is 0 Å². The Kier molecular flexibility index (Phi) is 5.58. The molecule has 7 nitrogen and oxygen atoms in total. The highest BCUT2D eigenvalue weighted by atomic mass is 35.5. The Balaban J connectivity index is 1.62. The van der Waals surface area contributed by atoms with E-state index in [1.54, 1.807) is 36.1 Å². The molecule has 1 aliphatic heterocycles. The van der Waals surface area contributed by atoms with Crippen LogP contribution in [0.15, 0.2) is 30.3 Å². The van der Waals surface area contributed by atoms with Crippen LogP contribution < -0.4 is 10.2 Å². The Morgan fingerprint density at radius 1 is 1.00 bits per heavy atom. The van der Waals surface area contributed by atoms with Gasteiger partial charge in [-0.3, -0.25) is 9.59 Å². The normalized spacial score (nSPS) is 14.3. The number of anilines is 2. The molecular weight excluding hydrogens is 377 g/mol. The van der Waals surface area contributed by atoms with Gasteiger partial charge in [0.25, 0.3) is 5.91 Å². The summed E-state index contributed by atoms with van der Waals surface area (Å²) in [5.41, 5.74) is 0.380. The molecule has 0 unspecified atom stereocenters. The lowest BCUT2D eigenvalue weighted by Gasteiger charge is -2.34. The third kappa shape index (κ3) is 4.23. The first-order valence-electron chi connectivity index (χ1n) is 8.04. The van der Waals surface area contributed by atoms with Crippen molar-refractivity contribution in [2.24, 2.45) is 0 Å². The zero-order chi connectivity index (χ0) is 18.7. The number of hydrogen-bond donors (Lipinski definition) is 1. The van der Waals surface area contributed by atoms with Gasteiger partial charge in [0.05, 0.1) is 10.0 Å². The van der Waals surface area contributed by atoms with Crippen molar-refractivity contribution in [1.29, 1.82) is 0 Å². The van der Waals surface area contributed by atoms with Gasteiger partial charge in [-0.25, -0.2) is 0 Å². The van der Waals surface area contributed by atoms with Gasteiger partial charge in [-0.05, 0) is 30.3 Å². The predicted molar refractivity (Wildman–Crippen MR) is 101 cm³/mol. The number of amides is 2. The number of halogens is 2. The van der Waals surface area contributed by atoms with Gasteiger partial charge in [0.15, 0.2) is 11.6 Å². The number of aromatic nitrogens is 2. The largest absolute Gasteiger partial charge is 0.352 e. The molecule has 1 N–H and O–H groups in total. The van der Waals surface area contributed by atoms with E-state index in [0.29, 0.717) is 53.4 Å². The molecule has 0 saturated carbocycles. The second-order valence-corrected chi connectivity index (χ2v) is 6.67. The molecule has 1 saturated heterocycles. The Morgan fingerprint density at radius 2 is 1.73 bits per heavy atom. The van der Waals surface area contributed by atoms with Crippen molar-refractivity contribution >= 4 is 46.7 Å². The average Bonchev–Trinajstić information content (AvgIpc) is 2.64. The molecule has 9 heteroatoms. The van der Waals surface area contributed by atoms with Crippen LogP contribution in [0.2, 0.25) is 10.0 Å². The molecule has 1 aromatic heterocycles. The summed E-state index contributed by atoms with van der Waals surface area (Å²) in [4.78, 5) is 27.5. The number of piperazine rings is 1. The third-order valence-electron chi connectivity index (χ3n) is 4.12. The number of carbonyl (C=O) groups is 2. The maximum atomic E-state index is 12.2. The van der Waals surface area contributed by atoms with Crippen molar-refractivity contribution in [2.45, 2.75) is 6.92 Å². The summed E-state index contributed by atoms with van der Waals surface area (Å²) in [5.74, 6) is 0.782. The van der Waals surface area contributed by atoms with Gasteiger partial charge in [-0.15, -0.1) is 10.2 Å². The van der Waals surface area contributed by atoms with Gasteiger partial charge in [-0.2, -0.15) is 0 Å². The summed E-state index contributed by atoms with van der Waals surface area (Å²) in [6, 6.07) is 8.12. The Hall–Kier alpha value is -2.38. The summed E-state index contributed by atoms with van der Waals surface area (Å²) in [6.07, 6.45) is 0. The molecule has 0 aliphatic carbocycles.